The van der Waals surface area contributed by atoms with Gasteiger partial charge in [-0.25, -0.2) is 4.39 Å². The van der Waals surface area contributed by atoms with Crippen LogP contribution in [0, 0.1) is 5.82 Å². The average Bonchev–Trinajstić information content (AvgIpc) is 2.76. The number of benzene rings is 1. The zero-order valence-electron chi connectivity index (χ0n) is 9.75. The molecule has 0 atom stereocenters. The molecule has 0 radical (unpaired) electrons. The summed E-state index contributed by atoms with van der Waals surface area (Å²) in [5.74, 6) is -0.190. The molecule has 88 valence electrons. The van der Waals surface area contributed by atoms with E-state index in [4.69, 9.17) is 5.73 Å². The first-order valence-corrected chi connectivity index (χ1v) is 5.91. The second-order valence-electron chi connectivity index (χ2n) is 4.66. The molecular weight excluding hydrogens is 203 g/mol. The maximum Gasteiger partial charge on any atom is 0.129 e. The first kappa shape index (κ1) is 11.4. The number of halogens is 1. The quantitative estimate of drug-likeness (QED) is 0.797. The Morgan fingerprint density at radius 3 is 2.69 bits per heavy atom. The van der Waals surface area contributed by atoms with Gasteiger partial charge < -0.3 is 5.73 Å². The van der Waals surface area contributed by atoms with Crippen molar-refractivity contribution in [3.8, 4) is 0 Å². The molecule has 1 aromatic rings. The number of nitrogen functional groups attached to an aromatic ring is 1. The van der Waals surface area contributed by atoms with Gasteiger partial charge in [-0.05, 0) is 32.0 Å². The van der Waals surface area contributed by atoms with Crippen LogP contribution in [0.2, 0.25) is 0 Å². The second-order valence-corrected chi connectivity index (χ2v) is 4.66. The van der Waals surface area contributed by atoms with Crippen molar-refractivity contribution in [1.82, 2.24) is 4.90 Å². The summed E-state index contributed by atoms with van der Waals surface area (Å²) in [5.41, 5.74) is 7.00. The average molecular weight is 222 g/mol. The van der Waals surface area contributed by atoms with Gasteiger partial charge in [0.1, 0.15) is 5.82 Å². The van der Waals surface area contributed by atoms with Gasteiger partial charge in [-0.2, -0.15) is 0 Å². The highest BCUT2D eigenvalue weighted by Gasteiger charge is 2.20. The molecule has 1 fully saturated rings. The molecule has 2 N–H and O–H groups in total. The summed E-state index contributed by atoms with van der Waals surface area (Å²) >= 11 is 0. The van der Waals surface area contributed by atoms with E-state index in [-0.39, 0.29) is 5.82 Å². The van der Waals surface area contributed by atoms with Crippen LogP contribution < -0.4 is 5.73 Å². The summed E-state index contributed by atoms with van der Waals surface area (Å²) in [7, 11) is 2.06. The summed E-state index contributed by atoms with van der Waals surface area (Å²) in [6, 6.07) is 5.50. The molecule has 2 rings (SSSR count). The van der Waals surface area contributed by atoms with Gasteiger partial charge in [0, 0.05) is 23.8 Å². The molecule has 0 aliphatic heterocycles. The molecule has 0 saturated heterocycles. The van der Waals surface area contributed by atoms with Gasteiger partial charge in [0.2, 0.25) is 0 Å². The molecule has 0 spiro atoms. The third-order valence-corrected chi connectivity index (χ3v) is 3.51. The molecule has 16 heavy (non-hydrogen) atoms. The molecule has 0 heterocycles. The highest BCUT2D eigenvalue weighted by atomic mass is 19.1. The Balaban J connectivity index is 2.07. The molecule has 0 amide bonds. The van der Waals surface area contributed by atoms with Gasteiger partial charge in [-0.1, -0.05) is 18.9 Å². The lowest BCUT2D eigenvalue weighted by molar-refractivity contribution is 0.235. The predicted molar refractivity (Wildman–Crippen MR) is 64.5 cm³/mol. The van der Waals surface area contributed by atoms with Gasteiger partial charge in [-0.15, -0.1) is 0 Å². The predicted octanol–water partition coefficient (Wildman–Crippen LogP) is 2.78. The number of anilines is 1. The molecule has 0 bridgehead atoms. The zero-order chi connectivity index (χ0) is 11.5. The van der Waals surface area contributed by atoms with E-state index < -0.39 is 0 Å². The summed E-state index contributed by atoms with van der Waals surface area (Å²) in [4.78, 5) is 2.22. The molecular formula is C13H19FN2. The lowest BCUT2D eigenvalue weighted by Gasteiger charge is -2.24. The fourth-order valence-electron chi connectivity index (χ4n) is 2.47. The van der Waals surface area contributed by atoms with Crippen molar-refractivity contribution in [2.24, 2.45) is 0 Å². The van der Waals surface area contributed by atoms with Crippen LogP contribution in [-0.4, -0.2) is 18.0 Å². The van der Waals surface area contributed by atoms with Crippen LogP contribution in [0.1, 0.15) is 31.2 Å². The normalized spacial score (nSPS) is 17.2. The van der Waals surface area contributed by atoms with Gasteiger partial charge in [0.05, 0.1) is 0 Å². The van der Waals surface area contributed by atoms with Crippen LogP contribution >= 0.6 is 0 Å². The highest BCUT2D eigenvalue weighted by molar-refractivity contribution is 5.47. The molecule has 1 aliphatic carbocycles. The van der Waals surface area contributed by atoms with Gasteiger partial charge >= 0.3 is 0 Å². The lowest BCUT2D eigenvalue weighted by Crippen LogP contribution is -2.29. The monoisotopic (exact) mass is 222 g/mol. The number of nitrogens with two attached hydrogens (primary N) is 1. The van der Waals surface area contributed by atoms with Crippen molar-refractivity contribution in [2.45, 2.75) is 38.3 Å². The van der Waals surface area contributed by atoms with E-state index in [1.807, 2.05) is 0 Å². The Morgan fingerprint density at radius 1 is 1.38 bits per heavy atom. The van der Waals surface area contributed by atoms with E-state index in [1.165, 1.54) is 31.7 Å². The molecule has 1 aromatic carbocycles. The SMILES string of the molecule is CN(Cc1c(N)cccc1F)C1CCCC1. The Hall–Kier alpha value is -1.09. The van der Waals surface area contributed by atoms with Gasteiger partial charge in [-0.3, -0.25) is 4.90 Å². The van der Waals surface area contributed by atoms with Crippen LogP contribution in [0.5, 0.6) is 0 Å². The topological polar surface area (TPSA) is 29.3 Å². The van der Waals surface area contributed by atoms with Gasteiger partial charge in [0.15, 0.2) is 0 Å². The second kappa shape index (κ2) is 4.83. The van der Waals surface area contributed by atoms with E-state index >= 15 is 0 Å². The summed E-state index contributed by atoms with van der Waals surface area (Å²) in [6.45, 7) is 0.614. The minimum absolute atomic E-state index is 0.190. The van der Waals surface area contributed by atoms with E-state index in [9.17, 15) is 4.39 Å². The first-order valence-electron chi connectivity index (χ1n) is 5.91. The highest BCUT2D eigenvalue weighted by Crippen LogP contribution is 2.25. The number of rotatable bonds is 3. The molecule has 1 saturated carbocycles. The fraction of sp³-hybridized carbons (Fsp3) is 0.538. The first-order chi connectivity index (χ1) is 7.68. The fourth-order valence-corrected chi connectivity index (χ4v) is 2.47. The van der Waals surface area contributed by atoms with Crippen molar-refractivity contribution >= 4 is 5.69 Å². The summed E-state index contributed by atoms with van der Waals surface area (Å²) in [5, 5.41) is 0. The minimum atomic E-state index is -0.190. The van der Waals surface area contributed by atoms with Crippen LogP contribution in [0.3, 0.4) is 0 Å². The third-order valence-electron chi connectivity index (χ3n) is 3.51. The van der Waals surface area contributed by atoms with Crippen molar-refractivity contribution in [2.75, 3.05) is 12.8 Å². The largest absolute Gasteiger partial charge is 0.398 e. The molecule has 3 heteroatoms. The molecule has 1 aliphatic rings. The number of nitrogens with zero attached hydrogens (tertiary/aromatic N) is 1. The third kappa shape index (κ3) is 2.35. The smallest absolute Gasteiger partial charge is 0.129 e. The van der Waals surface area contributed by atoms with E-state index in [0.717, 1.165) is 0 Å². The Morgan fingerprint density at radius 2 is 2.06 bits per heavy atom. The van der Waals surface area contributed by atoms with Crippen molar-refractivity contribution < 1.29 is 4.39 Å². The van der Waals surface area contributed by atoms with Gasteiger partial charge in [0.25, 0.3) is 0 Å². The van der Waals surface area contributed by atoms with Crippen LogP contribution in [-0.2, 0) is 6.54 Å². The molecule has 0 aromatic heterocycles. The van der Waals surface area contributed by atoms with Crippen LogP contribution in [0.25, 0.3) is 0 Å². The van der Waals surface area contributed by atoms with Crippen LogP contribution in [0.15, 0.2) is 18.2 Å². The summed E-state index contributed by atoms with van der Waals surface area (Å²) < 4.78 is 13.6. The van der Waals surface area contributed by atoms with Crippen molar-refractivity contribution in [1.29, 1.82) is 0 Å². The molecule has 0 unspecified atom stereocenters. The zero-order valence-corrected chi connectivity index (χ0v) is 9.75. The van der Waals surface area contributed by atoms with Crippen molar-refractivity contribution in [3.05, 3.63) is 29.6 Å². The molecule has 2 nitrogen and oxygen atoms in total. The minimum Gasteiger partial charge on any atom is -0.398 e. The Bertz CT molecular complexity index is 339. The van der Waals surface area contributed by atoms with Crippen LogP contribution in [0.4, 0.5) is 10.1 Å². The van der Waals surface area contributed by atoms with E-state index in [1.54, 1.807) is 12.1 Å². The summed E-state index contributed by atoms with van der Waals surface area (Å²) in [6.07, 6.45) is 5.04. The van der Waals surface area contributed by atoms with E-state index in [2.05, 4.69) is 11.9 Å². The maximum absolute atomic E-state index is 13.6. The maximum atomic E-state index is 13.6. The number of hydrogen-bond donors (Lipinski definition) is 1. The standard InChI is InChI=1S/C13H19FN2/c1-16(10-5-2-3-6-10)9-11-12(14)7-4-8-13(11)15/h4,7-8,10H,2-3,5-6,9,15H2,1H3. The lowest BCUT2D eigenvalue weighted by atomic mass is 10.1. The van der Waals surface area contributed by atoms with E-state index in [0.29, 0.717) is 23.8 Å². The van der Waals surface area contributed by atoms with Crippen molar-refractivity contribution in [3.63, 3.8) is 0 Å². The Kier molecular flexibility index (Phi) is 3.44. The Labute approximate surface area is 96.2 Å². The number of hydrogen-bond acceptors (Lipinski definition) is 2.